The zero-order chi connectivity index (χ0) is 18.6. The highest BCUT2D eigenvalue weighted by Gasteiger charge is 2.71. The summed E-state index contributed by atoms with van der Waals surface area (Å²) in [6, 6.07) is 6.22. The first kappa shape index (κ1) is 17.4. The number of carbonyl (C=O) groups excluding carboxylic acids is 1. The standard InChI is InChI=1S/C17H15BrF2N2O4/c1-25-16(24)12-4-3-11(26-12)14(23)8-2-5-13(21-15(8)18)22-6-9-10(7-22)17(9,19)20/h2-5,9-10,14,23H,6-7H2,1H3. The largest absolute Gasteiger partial charge is 0.463 e. The second kappa shape index (κ2) is 6.02. The van der Waals surface area contributed by atoms with Gasteiger partial charge in [-0.2, -0.15) is 0 Å². The van der Waals surface area contributed by atoms with Crippen LogP contribution in [0.3, 0.4) is 0 Å². The van der Waals surface area contributed by atoms with Gasteiger partial charge in [-0.25, -0.2) is 18.6 Å². The first-order chi connectivity index (χ1) is 12.3. The fraction of sp³-hybridized carbons (Fsp3) is 0.412. The summed E-state index contributed by atoms with van der Waals surface area (Å²) in [6.45, 7) is 0.555. The number of halogens is 3. The van der Waals surface area contributed by atoms with Gasteiger partial charge in [0.05, 0.1) is 18.9 Å². The Morgan fingerprint density at radius 1 is 1.38 bits per heavy atom. The summed E-state index contributed by atoms with van der Waals surface area (Å²) < 4.78 is 36.9. The van der Waals surface area contributed by atoms with E-state index >= 15 is 0 Å². The molecule has 9 heteroatoms. The Morgan fingerprint density at radius 3 is 2.69 bits per heavy atom. The number of anilines is 1. The summed E-state index contributed by atoms with van der Waals surface area (Å²) in [5, 5.41) is 10.5. The molecule has 0 bridgehead atoms. The van der Waals surface area contributed by atoms with Crippen LogP contribution < -0.4 is 4.90 Å². The van der Waals surface area contributed by atoms with Gasteiger partial charge in [-0.3, -0.25) is 0 Å². The van der Waals surface area contributed by atoms with Crippen LogP contribution in [0.4, 0.5) is 14.6 Å². The minimum atomic E-state index is -2.54. The molecule has 0 aromatic carbocycles. The van der Waals surface area contributed by atoms with E-state index in [9.17, 15) is 18.7 Å². The van der Waals surface area contributed by atoms with Gasteiger partial charge in [0.1, 0.15) is 22.3 Å². The smallest absolute Gasteiger partial charge is 0.373 e. The Balaban J connectivity index is 1.51. The Hall–Kier alpha value is -2.00. The summed E-state index contributed by atoms with van der Waals surface area (Å²) in [5.74, 6) is -3.63. The molecule has 1 N–H and O–H groups in total. The maximum atomic E-state index is 13.3. The summed E-state index contributed by atoms with van der Waals surface area (Å²) in [7, 11) is 1.23. The van der Waals surface area contributed by atoms with Crippen molar-refractivity contribution >= 4 is 27.7 Å². The molecular formula is C17H15BrF2N2O4. The molecule has 3 heterocycles. The van der Waals surface area contributed by atoms with Crippen molar-refractivity contribution in [2.75, 3.05) is 25.1 Å². The van der Waals surface area contributed by atoms with Crippen molar-refractivity contribution in [2.45, 2.75) is 12.0 Å². The van der Waals surface area contributed by atoms with E-state index in [1.807, 2.05) is 4.90 Å². The van der Waals surface area contributed by atoms with Crippen LogP contribution in [0.25, 0.3) is 0 Å². The van der Waals surface area contributed by atoms with E-state index in [2.05, 4.69) is 25.7 Å². The minimum Gasteiger partial charge on any atom is -0.463 e. The van der Waals surface area contributed by atoms with Crippen LogP contribution in [0.5, 0.6) is 0 Å². The number of aromatic nitrogens is 1. The molecule has 2 aromatic rings. The van der Waals surface area contributed by atoms with Crippen LogP contribution in [-0.4, -0.2) is 42.2 Å². The zero-order valence-corrected chi connectivity index (χ0v) is 15.2. The number of fused-ring (bicyclic) bond motifs is 1. The first-order valence-electron chi connectivity index (χ1n) is 7.98. The second-order valence-electron chi connectivity index (χ2n) is 6.44. The lowest BCUT2D eigenvalue weighted by Gasteiger charge is -2.22. The van der Waals surface area contributed by atoms with E-state index in [0.29, 0.717) is 16.0 Å². The molecule has 1 saturated heterocycles. The van der Waals surface area contributed by atoms with Crippen molar-refractivity contribution in [2.24, 2.45) is 11.8 Å². The highest BCUT2D eigenvalue weighted by atomic mass is 79.9. The number of alkyl halides is 2. The number of rotatable bonds is 4. The molecule has 1 saturated carbocycles. The summed E-state index contributed by atoms with van der Waals surface area (Å²) in [6.07, 6.45) is -1.14. The van der Waals surface area contributed by atoms with Gasteiger partial charge in [-0.1, -0.05) is 0 Å². The number of hydrogen-bond donors (Lipinski definition) is 1. The number of nitrogens with zero attached hydrogens (tertiary/aromatic N) is 2. The van der Waals surface area contributed by atoms with Crippen molar-refractivity contribution in [3.05, 3.63) is 46.0 Å². The van der Waals surface area contributed by atoms with E-state index in [1.54, 1.807) is 12.1 Å². The lowest BCUT2D eigenvalue weighted by Crippen LogP contribution is -2.28. The van der Waals surface area contributed by atoms with Gasteiger partial charge in [0, 0.05) is 18.7 Å². The molecule has 0 spiro atoms. The van der Waals surface area contributed by atoms with Crippen LogP contribution >= 0.6 is 15.9 Å². The van der Waals surface area contributed by atoms with Crippen LogP contribution in [0, 0.1) is 11.8 Å². The van der Waals surface area contributed by atoms with Gasteiger partial charge in [-0.15, -0.1) is 0 Å². The molecule has 0 radical (unpaired) electrons. The average Bonchev–Trinajstić information content (AvgIpc) is 3.10. The number of carbonyl (C=O) groups is 1. The second-order valence-corrected chi connectivity index (χ2v) is 7.19. The highest BCUT2D eigenvalue weighted by Crippen LogP contribution is 2.59. The molecule has 0 amide bonds. The molecule has 2 fully saturated rings. The van der Waals surface area contributed by atoms with Crippen LogP contribution in [-0.2, 0) is 4.74 Å². The molecule has 1 aliphatic carbocycles. The van der Waals surface area contributed by atoms with E-state index in [4.69, 9.17) is 4.42 Å². The molecule has 2 aliphatic rings. The number of hydrogen-bond acceptors (Lipinski definition) is 6. The molecule has 1 aliphatic heterocycles. The third-order valence-corrected chi connectivity index (χ3v) is 5.60. The fourth-order valence-electron chi connectivity index (χ4n) is 3.37. The predicted molar refractivity (Wildman–Crippen MR) is 90.2 cm³/mol. The molecule has 4 rings (SSSR count). The predicted octanol–water partition coefficient (Wildman–Crippen LogP) is 3.01. The minimum absolute atomic E-state index is 0.0144. The number of furan rings is 1. The highest BCUT2D eigenvalue weighted by molar-refractivity contribution is 9.10. The summed E-state index contributed by atoms with van der Waals surface area (Å²) >= 11 is 3.31. The third kappa shape index (κ3) is 2.69. The summed E-state index contributed by atoms with van der Waals surface area (Å²) in [5.41, 5.74) is 0.439. The molecular weight excluding hydrogens is 414 g/mol. The van der Waals surface area contributed by atoms with Crippen molar-refractivity contribution in [1.82, 2.24) is 4.98 Å². The topological polar surface area (TPSA) is 75.8 Å². The molecule has 3 unspecified atom stereocenters. The van der Waals surface area contributed by atoms with Gasteiger partial charge in [-0.05, 0) is 40.2 Å². The number of methoxy groups -OCH3 is 1. The van der Waals surface area contributed by atoms with E-state index in [0.717, 1.165) is 0 Å². The Kier molecular flexibility index (Phi) is 4.03. The van der Waals surface area contributed by atoms with Gasteiger partial charge < -0.3 is 19.2 Å². The van der Waals surface area contributed by atoms with Gasteiger partial charge in [0.15, 0.2) is 0 Å². The van der Waals surface area contributed by atoms with Crippen LogP contribution in [0.1, 0.15) is 28.0 Å². The van der Waals surface area contributed by atoms with E-state index < -0.39 is 29.8 Å². The molecule has 6 nitrogen and oxygen atoms in total. The zero-order valence-electron chi connectivity index (χ0n) is 13.7. The summed E-state index contributed by atoms with van der Waals surface area (Å²) in [4.78, 5) is 17.6. The SMILES string of the molecule is COC(=O)c1ccc(C(O)c2ccc(N3CC4C(C3)C4(F)F)nc2Br)o1. The number of aliphatic hydroxyl groups excluding tert-OH is 1. The van der Waals surface area contributed by atoms with Crippen molar-refractivity contribution in [1.29, 1.82) is 0 Å². The number of pyridine rings is 1. The molecule has 3 atom stereocenters. The fourth-order valence-corrected chi connectivity index (χ4v) is 3.90. The van der Waals surface area contributed by atoms with E-state index in [1.165, 1.54) is 19.2 Å². The number of aliphatic hydroxyl groups is 1. The number of piperidine rings is 1. The molecule has 138 valence electrons. The Morgan fingerprint density at radius 2 is 2.08 bits per heavy atom. The Labute approximate surface area is 155 Å². The lowest BCUT2D eigenvalue weighted by molar-refractivity contribution is 0.0557. The maximum Gasteiger partial charge on any atom is 0.373 e. The van der Waals surface area contributed by atoms with E-state index in [-0.39, 0.29) is 24.6 Å². The normalized spacial score (nSPS) is 24.3. The Bertz CT molecular complexity index is 858. The van der Waals surface area contributed by atoms with Crippen molar-refractivity contribution in [3.63, 3.8) is 0 Å². The molecule has 2 aromatic heterocycles. The quantitative estimate of drug-likeness (QED) is 0.595. The average molecular weight is 429 g/mol. The van der Waals surface area contributed by atoms with Crippen molar-refractivity contribution in [3.8, 4) is 0 Å². The third-order valence-electron chi connectivity index (χ3n) is 4.96. The number of esters is 1. The monoisotopic (exact) mass is 428 g/mol. The first-order valence-corrected chi connectivity index (χ1v) is 8.77. The van der Waals surface area contributed by atoms with Crippen LogP contribution in [0.2, 0.25) is 0 Å². The number of ether oxygens (including phenoxy) is 1. The maximum absolute atomic E-state index is 13.3. The molecule has 26 heavy (non-hydrogen) atoms. The van der Waals surface area contributed by atoms with Gasteiger partial charge >= 0.3 is 5.97 Å². The lowest BCUT2D eigenvalue weighted by atomic mass is 10.1. The van der Waals surface area contributed by atoms with Crippen molar-refractivity contribution < 1.29 is 27.8 Å². The van der Waals surface area contributed by atoms with Crippen LogP contribution in [0.15, 0.2) is 33.3 Å². The van der Waals surface area contributed by atoms with Gasteiger partial charge in [0.25, 0.3) is 5.92 Å². The van der Waals surface area contributed by atoms with Gasteiger partial charge in [0.2, 0.25) is 5.76 Å².